The minimum Gasteiger partial charge on any atom is -0.300 e. The molecular formula is C11H13O. The number of hydrogen-bond acceptors (Lipinski definition) is 1. The van der Waals surface area contributed by atoms with E-state index in [1.165, 1.54) is 0 Å². The van der Waals surface area contributed by atoms with Gasteiger partial charge in [-0.25, -0.2) is 0 Å². The minimum absolute atomic E-state index is 0.101. The van der Waals surface area contributed by atoms with E-state index < -0.39 is 0 Å². The SMILES string of the molecule is [CH2]C(CC(C)=O)c1ccccc1. The molecule has 1 radical (unpaired) electrons. The third-order valence-electron chi connectivity index (χ3n) is 1.80. The van der Waals surface area contributed by atoms with Crippen LogP contribution in [0.25, 0.3) is 0 Å². The maximum Gasteiger partial charge on any atom is 0.130 e. The fourth-order valence-electron chi connectivity index (χ4n) is 1.19. The molecule has 63 valence electrons. The number of rotatable bonds is 3. The summed E-state index contributed by atoms with van der Waals surface area (Å²) in [6, 6.07) is 9.90. The van der Waals surface area contributed by atoms with Crippen LogP contribution in [-0.2, 0) is 4.79 Å². The van der Waals surface area contributed by atoms with Crippen molar-refractivity contribution in [3.8, 4) is 0 Å². The Morgan fingerprint density at radius 1 is 1.42 bits per heavy atom. The Morgan fingerprint density at radius 3 is 2.50 bits per heavy atom. The monoisotopic (exact) mass is 161 g/mol. The summed E-state index contributed by atoms with van der Waals surface area (Å²) < 4.78 is 0. The Labute approximate surface area is 73.4 Å². The number of hydrogen-bond donors (Lipinski definition) is 0. The highest BCUT2D eigenvalue weighted by Gasteiger charge is 2.06. The maximum atomic E-state index is 10.8. The van der Waals surface area contributed by atoms with Crippen molar-refractivity contribution in [2.75, 3.05) is 0 Å². The van der Waals surface area contributed by atoms with Gasteiger partial charge in [-0.3, -0.25) is 0 Å². The summed E-state index contributed by atoms with van der Waals surface area (Å²) in [5.41, 5.74) is 1.13. The van der Waals surface area contributed by atoms with Crippen molar-refractivity contribution >= 4 is 5.78 Å². The molecule has 1 rings (SSSR count). The molecule has 0 aromatic heterocycles. The molecule has 0 bridgehead atoms. The lowest BCUT2D eigenvalue weighted by atomic mass is 9.96. The van der Waals surface area contributed by atoms with Gasteiger partial charge < -0.3 is 4.79 Å². The molecule has 0 aliphatic heterocycles. The predicted molar refractivity (Wildman–Crippen MR) is 49.8 cm³/mol. The van der Waals surface area contributed by atoms with E-state index in [1.54, 1.807) is 6.92 Å². The lowest BCUT2D eigenvalue weighted by Crippen LogP contribution is -1.99. The van der Waals surface area contributed by atoms with Gasteiger partial charge in [0.25, 0.3) is 0 Å². The fourth-order valence-corrected chi connectivity index (χ4v) is 1.19. The molecule has 0 saturated heterocycles. The quantitative estimate of drug-likeness (QED) is 0.666. The summed E-state index contributed by atoms with van der Waals surface area (Å²) in [5.74, 6) is 0.294. The zero-order chi connectivity index (χ0) is 8.97. The van der Waals surface area contributed by atoms with Crippen LogP contribution < -0.4 is 0 Å². The Kier molecular flexibility index (Phi) is 3.03. The van der Waals surface area contributed by atoms with E-state index in [-0.39, 0.29) is 11.7 Å². The van der Waals surface area contributed by atoms with Gasteiger partial charge in [0.1, 0.15) is 5.78 Å². The third-order valence-corrected chi connectivity index (χ3v) is 1.80. The highest BCUT2D eigenvalue weighted by atomic mass is 16.1. The van der Waals surface area contributed by atoms with E-state index in [2.05, 4.69) is 6.92 Å². The topological polar surface area (TPSA) is 17.1 Å². The van der Waals surface area contributed by atoms with Crippen molar-refractivity contribution in [2.45, 2.75) is 19.3 Å². The Balaban J connectivity index is 2.65. The fraction of sp³-hybridized carbons (Fsp3) is 0.273. The number of Topliss-reactive ketones (excluding diaryl/α,β-unsaturated/α-hetero) is 1. The summed E-state index contributed by atoms with van der Waals surface area (Å²) in [4.78, 5) is 10.8. The molecule has 1 aromatic rings. The largest absolute Gasteiger partial charge is 0.300 e. The standard InChI is InChI=1S/C11H13O/c1-9(8-10(2)12)11-6-4-3-5-7-11/h3-7,9H,1,8H2,2H3. The first-order valence-corrected chi connectivity index (χ1v) is 4.07. The summed E-state index contributed by atoms with van der Waals surface area (Å²) in [6.07, 6.45) is 0.532. The van der Waals surface area contributed by atoms with Gasteiger partial charge in [0.15, 0.2) is 0 Å². The van der Waals surface area contributed by atoms with Crippen LogP contribution in [0.4, 0.5) is 0 Å². The normalized spacial score (nSPS) is 12.5. The lowest BCUT2D eigenvalue weighted by molar-refractivity contribution is -0.117. The number of benzene rings is 1. The molecule has 1 heteroatoms. The second-order valence-corrected chi connectivity index (χ2v) is 3.01. The van der Waals surface area contributed by atoms with Gasteiger partial charge in [-0.1, -0.05) is 30.3 Å². The summed E-state index contributed by atoms with van der Waals surface area (Å²) in [7, 11) is 0. The van der Waals surface area contributed by atoms with Gasteiger partial charge in [0, 0.05) is 6.42 Å². The van der Waals surface area contributed by atoms with Crippen LogP contribution in [0, 0.1) is 6.92 Å². The first kappa shape index (κ1) is 8.98. The molecule has 0 saturated carbocycles. The van der Waals surface area contributed by atoms with Crippen LogP contribution in [0.15, 0.2) is 30.3 Å². The Hall–Kier alpha value is -1.11. The van der Waals surface area contributed by atoms with Crippen molar-refractivity contribution in [2.24, 2.45) is 0 Å². The van der Waals surface area contributed by atoms with Crippen molar-refractivity contribution in [1.29, 1.82) is 0 Å². The van der Waals surface area contributed by atoms with E-state index in [0.29, 0.717) is 6.42 Å². The zero-order valence-electron chi connectivity index (χ0n) is 7.29. The Bertz CT molecular complexity index is 251. The van der Waals surface area contributed by atoms with Gasteiger partial charge >= 0.3 is 0 Å². The van der Waals surface area contributed by atoms with Crippen LogP contribution >= 0.6 is 0 Å². The molecule has 0 amide bonds. The van der Waals surface area contributed by atoms with E-state index in [0.717, 1.165) is 5.56 Å². The van der Waals surface area contributed by atoms with E-state index in [4.69, 9.17) is 0 Å². The molecule has 1 unspecified atom stereocenters. The molecule has 0 fully saturated rings. The molecule has 12 heavy (non-hydrogen) atoms. The number of carbonyl (C=O) groups excluding carboxylic acids is 1. The van der Waals surface area contributed by atoms with Crippen LogP contribution in [0.3, 0.4) is 0 Å². The van der Waals surface area contributed by atoms with Gasteiger partial charge in [-0.15, -0.1) is 0 Å². The maximum absolute atomic E-state index is 10.8. The van der Waals surface area contributed by atoms with Crippen LogP contribution in [0.1, 0.15) is 24.8 Å². The smallest absolute Gasteiger partial charge is 0.130 e. The van der Waals surface area contributed by atoms with Gasteiger partial charge in [-0.2, -0.15) is 0 Å². The first-order valence-electron chi connectivity index (χ1n) is 4.07. The van der Waals surface area contributed by atoms with Gasteiger partial charge in [0.2, 0.25) is 0 Å². The van der Waals surface area contributed by atoms with E-state index in [9.17, 15) is 4.79 Å². The highest BCUT2D eigenvalue weighted by Crippen LogP contribution is 2.17. The highest BCUT2D eigenvalue weighted by molar-refractivity contribution is 5.76. The minimum atomic E-state index is 0.101. The van der Waals surface area contributed by atoms with Crippen molar-refractivity contribution < 1.29 is 4.79 Å². The number of carbonyl (C=O) groups is 1. The van der Waals surface area contributed by atoms with Crippen LogP contribution in [0.2, 0.25) is 0 Å². The second-order valence-electron chi connectivity index (χ2n) is 3.01. The summed E-state index contributed by atoms with van der Waals surface area (Å²) >= 11 is 0. The molecule has 1 nitrogen and oxygen atoms in total. The van der Waals surface area contributed by atoms with Crippen molar-refractivity contribution in [3.63, 3.8) is 0 Å². The van der Waals surface area contributed by atoms with E-state index >= 15 is 0 Å². The third kappa shape index (κ3) is 2.50. The molecule has 0 N–H and O–H groups in total. The molecule has 0 spiro atoms. The lowest BCUT2D eigenvalue weighted by Gasteiger charge is -2.08. The van der Waals surface area contributed by atoms with E-state index in [1.807, 2.05) is 30.3 Å². The predicted octanol–water partition coefficient (Wildman–Crippen LogP) is 2.58. The average Bonchev–Trinajstić information content (AvgIpc) is 2.05. The second kappa shape index (κ2) is 4.05. The summed E-state index contributed by atoms with van der Waals surface area (Å²) in [5, 5.41) is 0. The molecule has 0 heterocycles. The van der Waals surface area contributed by atoms with Gasteiger partial charge in [0.05, 0.1) is 0 Å². The first-order chi connectivity index (χ1) is 5.70. The van der Waals surface area contributed by atoms with Crippen LogP contribution in [0.5, 0.6) is 0 Å². The van der Waals surface area contributed by atoms with Crippen molar-refractivity contribution in [1.82, 2.24) is 0 Å². The number of ketones is 1. The molecule has 0 aliphatic rings. The molecular weight excluding hydrogens is 148 g/mol. The average molecular weight is 161 g/mol. The zero-order valence-corrected chi connectivity index (χ0v) is 7.29. The Morgan fingerprint density at radius 2 is 2.00 bits per heavy atom. The molecule has 0 aliphatic carbocycles. The van der Waals surface area contributed by atoms with Crippen LogP contribution in [-0.4, -0.2) is 5.78 Å². The molecule has 1 aromatic carbocycles. The van der Waals surface area contributed by atoms with Crippen molar-refractivity contribution in [3.05, 3.63) is 42.8 Å². The van der Waals surface area contributed by atoms with Gasteiger partial charge in [-0.05, 0) is 25.3 Å². The summed E-state index contributed by atoms with van der Waals surface area (Å²) in [6.45, 7) is 5.53. The molecule has 1 atom stereocenters.